The van der Waals surface area contributed by atoms with E-state index >= 15 is 0 Å². The Morgan fingerprint density at radius 2 is 1.03 bits per heavy atom. The summed E-state index contributed by atoms with van der Waals surface area (Å²) >= 11 is 0. The maximum Gasteiger partial charge on any atom is 0.335 e. The molecule has 528 valence electrons. The highest BCUT2D eigenvalue weighted by atomic mass is 32.2. The normalized spacial score (nSPS) is 18.5. The molecule has 0 radical (unpaired) electrons. The molecule has 3 aliphatic heterocycles. The summed E-state index contributed by atoms with van der Waals surface area (Å²) < 4.78 is 234. The van der Waals surface area contributed by atoms with Crippen LogP contribution in [0, 0.1) is 0 Å². The zero-order chi connectivity index (χ0) is 70.3. The van der Waals surface area contributed by atoms with Gasteiger partial charge in [0.25, 0.3) is 11.8 Å². The van der Waals surface area contributed by atoms with E-state index in [2.05, 4.69) is 0 Å². The van der Waals surface area contributed by atoms with Crippen LogP contribution in [-0.4, -0.2) is 224 Å². The van der Waals surface area contributed by atoms with Crippen LogP contribution in [0.3, 0.4) is 0 Å². The lowest BCUT2D eigenvalue weighted by Gasteiger charge is -2.31. The topological polar surface area (TPSA) is 430 Å². The van der Waals surface area contributed by atoms with Crippen molar-refractivity contribution in [3.05, 3.63) is 108 Å². The zero-order valence-electron chi connectivity index (χ0n) is 52.8. The quantitative estimate of drug-likeness (QED) is 0.0202. The number of allylic oxidation sites excluding steroid dienone is 8. The number of carbonyl (C=O) groups is 3. The number of ether oxygens (including phenoxy) is 8. The third-order valence-corrected chi connectivity index (χ3v) is 20.1. The molecule has 0 spiro atoms. The van der Waals surface area contributed by atoms with Crippen molar-refractivity contribution in [2.75, 3.05) is 130 Å². The molecule has 0 saturated carbocycles. The van der Waals surface area contributed by atoms with Crippen molar-refractivity contribution >= 4 is 107 Å². The Morgan fingerprint density at radius 1 is 0.542 bits per heavy atom. The monoisotopic (exact) mass is 1440 g/mol. The Bertz CT molecular complexity index is 4270. The van der Waals surface area contributed by atoms with Crippen molar-refractivity contribution in [2.24, 2.45) is 0 Å². The maximum atomic E-state index is 12.9. The Kier molecular flexibility index (Phi) is 26.9. The number of fused-ring (bicyclic) bond motifs is 6. The largest absolute Gasteiger partial charge is 0.748 e. The average molecular weight is 1440 g/mol. The number of hydrogen-bond acceptors (Lipinski definition) is 28. The molecule has 0 N–H and O–H groups in total. The number of carbonyl (C=O) groups excluding carboxylic acids is 3. The predicted octanol–water partition coefficient (Wildman–Crippen LogP) is 3.40. The van der Waals surface area contributed by atoms with Gasteiger partial charge in [0.2, 0.25) is 5.69 Å². The van der Waals surface area contributed by atoms with Gasteiger partial charge in [-0.3, -0.25) is 9.59 Å². The lowest BCUT2D eigenvalue weighted by Crippen LogP contribution is -2.32. The van der Waals surface area contributed by atoms with Crippen LogP contribution in [0.1, 0.15) is 63.5 Å². The van der Waals surface area contributed by atoms with Gasteiger partial charge in [-0.2, -0.15) is 4.58 Å². The molecule has 0 aromatic heterocycles. The fraction of sp³-hybridized carbons (Fsp3) is 0.475. The fourth-order valence-electron chi connectivity index (χ4n) is 11.6. The number of hydrogen-bond donors (Lipinski definition) is 0. The number of anilines is 1. The molecular weight excluding hydrogens is 1370 g/mol. The van der Waals surface area contributed by atoms with Crippen LogP contribution >= 0.6 is 0 Å². The second-order valence-electron chi connectivity index (χ2n) is 22.4. The molecule has 96 heavy (non-hydrogen) atoms. The third kappa shape index (κ3) is 19.7. The van der Waals surface area contributed by atoms with Gasteiger partial charge in [0, 0.05) is 85.9 Å². The molecule has 2 unspecified atom stereocenters. The summed E-state index contributed by atoms with van der Waals surface area (Å²) in [5.41, 5.74) is -0.309. The number of methoxy groups -OCH3 is 2. The standard InChI is InChI=1S/C61H77N3O27S5/c1-60(20-10-38-92(68,69)70)53(62(22-26-83-3)49-15-13-45-47(58(49)60)39-43(93(71,72)73)41-51(45)95(77,78)79)11-8-6-5-7-9-12-54-61(2,21-25-86-31-34-90-37-36-88-29-28-84-4)59-48-40-44(94(74,75)76)42-52(96(80,81)82)46(48)14-16-50(59)63(54)23-27-87-32-35-89-33-30-85-24-19-57(67)91-64-55(65)17-18-56(64)66/h5-9,11-16,39-42H,10,17-38H2,1-4H3,(H4-,68,69,70,71,72,73,74,75,76,77,78,79,80,81,82)/p-4. The molecule has 4 aromatic rings. The molecule has 4 aromatic carbocycles. The SMILES string of the molecule is COCCOCCOCCOCCC1(C)\C(=C/C=C/C=C/C=C/C2=[N+](CCOC)c3ccc4c(S(=O)(=O)[O-])cc(S(=O)(=O)[O-])cc4c3C2(C)CCCS(=O)(=O)[O-])N(CCOCCOCCOCCC(=O)ON2C(=O)CCC2=O)c2ccc3c(S(=O)(=O)[O-])cc(S(=O)(=O)[O-])cc3c21. The summed E-state index contributed by atoms with van der Waals surface area (Å²) in [4.78, 5) is 38.4. The van der Waals surface area contributed by atoms with Gasteiger partial charge in [0.1, 0.15) is 47.1 Å². The first-order valence-corrected chi connectivity index (χ1v) is 37.1. The van der Waals surface area contributed by atoms with Crippen molar-refractivity contribution in [3.63, 3.8) is 0 Å². The summed E-state index contributed by atoms with van der Waals surface area (Å²) in [6.07, 6.45) is 10.9. The van der Waals surface area contributed by atoms with Crippen molar-refractivity contribution in [1.29, 1.82) is 0 Å². The summed E-state index contributed by atoms with van der Waals surface area (Å²) in [6.45, 7) is 5.60. The van der Waals surface area contributed by atoms with Crippen molar-refractivity contribution < 1.29 is 127 Å². The molecule has 7 rings (SSSR count). The van der Waals surface area contributed by atoms with Crippen LogP contribution < -0.4 is 4.90 Å². The minimum atomic E-state index is -5.41. The van der Waals surface area contributed by atoms with Gasteiger partial charge in [-0.05, 0) is 97.3 Å². The van der Waals surface area contributed by atoms with Gasteiger partial charge in [-0.15, -0.1) is 5.06 Å². The molecule has 30 nitrogen and oxygen atoms in total. The molecule has 2 amide bonds. The molecule has 1 saturated heterocycles. The minimum Gasteiger partial charge on any atom is -0.748 e. The third-order valence-electron chi connectivity index (χ3n) is 15.9. The summed E-state index contributed by atoms with van der Waals surface area (Å²) in [5, 5.41) is -0.0716. The molecule has 0 bridgehead atoms. The highest BCUT2D eigenvalue weighted by molar-refractivity contribution is 7.87. The second kappa shape index (κ2) is 33.5. The van der Waals surface area contributed by atoms with Crippen LogP contribution in [0.25, 0.3) is 21.5 Å². The van der Waals surface area contributed by atoms with Crippen LogP contribution in [0.15, 0.2) is 116 Å². The van der Waals surface area contributed by atoms with E-state index in [9.17, 15) is 79.2 Å². The van der Waals surface area contributed by atoms with E-state index < -0.39 is 105 Å². The van der Waals surface area contributed by atoms with E-state index in [0.717, 1.165) is 12.1 Å². The lowest BCUT2D eigenvalue weighted by molar-refractivity contribution is -0.441. The first kappa shape index (κ1) is 77.0. The fourth-order valence-corrected chi connectivity index (χ4v) is 14.7. The molecule has 35 heteroatoms. The van der Waals surface area contributed by atoms with Gasteiger partial charge in [0.05, 0.1) is 121 Å². The van der Waals surface area contributed by atoms with Gasteiger partial charge in [0.15, 0.2) is 12.3 Å². The minimum absolute atomic E-state index is 0.0187. The highest BCUT2D eigenvalue weighted by Gasteiger charge is 2.49. The van der Waals surface area contributed by atoms with Crippen molar-refractivity contribution in [3.8, 4) is 0 Å². The average Bonchev–Trinajstić information content (AvgIpc) is 1.53. The number of nitrogens with zero attached hydrogens (tertiary/aromatic N) is 3. The molecule has 3 aliphatic rings. The van der Waals surface area contributed by atoms with E-state index in [1.807, 2.05) is 4.90 Å². The smallest absolute Gasteiger partial charge is 0.335 e. The van der Waals surface area contributed by atoms with Crippen molar-refractivity contribution in [1.82, 2.24) is 5.06 Å². The maximum absolute atomic E-state index is 12.9. The number of imide groups is 1. The van der Waals surface area contributed by atoms with Gasteiger partial charge in [-0.1, -0.05) is 36.4 Å². The van der Waals surface area contributed by atoms with Gasteiger partial charge < -0.3 is 70.4 Å². The van der Waals surface area contributed by atoms with Crippen LogP contribution in [0.4, 0.5) is 11.4 Å². The Balaban J connectivity index is 1.21. The summed E-state index contributed by atoms with van der Waals surface area (Å²) in [7, 11) is -23.4. The number of benzene rings is 4. The zero-order valence-corrected chi connectivity index (χ0v) is 56.9. The first-order chi connectivity index (χ1) is 45.3. The van der Waals surface area contributed by atoms with Crippen LogP contribution in [0.5, 0.6) is 0 Å². The second-order valence-corrected chi connectivity index (χ2v) is 29.4. The van der Waals surface area contributed by atoms with E-state index in [1.165, 1.54) is 25.3 Å². The van der Waals surface area contributed by atoms with Crippen LogP contribution in [0.2, 0.25) is 0 Å². The van der Waals surface area contributed by atoms with Gasteiger partial charge in [-0.25, -0.2) is 46.9 Å². The Morgan fingerprint density at radius 3 is 1.56 bits per heavy atom. The number of amides is 2. The van der Waals surface area contributed by atoms with E-state index in [4.69, 9.17) is 42.7 Å². The Hall–Kier alpha value is -6.33. The molecule has 2 atom stereocenters. The van der Waals surface area contributed by atoms with E-state index in [0.29, 0.717) is 65.4 Å². The summed E-state index contributed by atoms with van der Waals surface area (Å²) in [5.74, 6) is -2.87. The van der Waals surface area contributed by atoms with Crippen LogP contribution in [-0.2, 0) is 119 Å². The Labute approximate surface area is 556 Å². The molecule has 1 fully saturated rings. The predicted molar refractivity (Wildman–Crippen MR) is 336 cm³/mol. The molecule has 0 aliphatic carbocycles. The number of rotatable bonds is 40. The van der Waals surface area contributed by atoms with E-state index in [1.54, 1.807) is 74.1 Å². The summed E-state index contributed by atoms with van der Waals surface area (Å²) in [6, 6.07) is 8.67. The van der Waals surface area contributed by atoms with E-state index in [-0.39, 0.29) is 151 Å². The highest BCUT2D eigenvalue weighted by Crippen LogP contribution is 2.54. The first-order valence-electron chi connectivity index (χ1n) is 29.9. The van der Waals surface area contributed by atoms with Gasteiger partial charge >= 0.3 is 5.97 Å². The molecular formula is C61H73N3O27S5-4. The molecule has 3 heterocycles. The van der Waals surface area contributed by atoms with Crippen molar-refractivity contribution in [2.45, 2.75) is 82.8 Å². The number of hydroxylamine groups is 2. The lowest BCUT2D eigenvalue weighted by atomic mass is 9.74.